The van der Waals surface area contributed by atoms with Crippen molar-refractivity contribution in [2.75, 3.05) is 18.8 Å². The number of carbonyl (C=O) groups excluding carboxylic acids is 2. The van der Waals surface area contributed by atoms with Crippen LogP contribution in [0.2, 0.25) is 0 Å². The number of piperidine rings is 1. The van der Waals surface area contributed by atoms with Crippen LogP contribution in [-0.4, -0.2) is 57.4 Å². The van der Waals surface area contributed by atoms with Crippen LogP contribution in [0.1, 0.15) is 36.3 Å². The fourth-order valence-electron chi connectivity index (χ4n) is 3.93. The molecule has 1 aromatic heterocycles. The number of pyridine rings is 1. The first-order valence-corrected chi connectivity index (χ1v) is 10.1. The number of hydrogen-bond donors (Lipinski definition) is 2. The molecule has 1 aliphatic heterocycles. The minimum Gasteiger partial charge on any atom is -0.480 e. The van der Waals surface area contributed by atoms with Gasteiger partial charge in [-0.05, 0) is 61.1 Å². The number of aliphatic carboxylic acids is 1. The molecule has 1 fully saturated rings. The third-order valence-electron chi connectivity index (χ3n) is 5.52. The van der Waals surface area contributed by atoms with Gasteiger partial charge in [-0.1, -0.05) is 12.1 Å². The van der Waals surface area contributed by atoms with Crippen LogP contribution in [0.4, 0.5) is 15.0 Å². The Morgan fingerprint density at radius 2 is 2.16 bits per heavy atom. The Bertz CT molecular complexity index is 955. The number of rotatable bonds is 7. The second-order valence-electron chi connectivity index (χ2n) is 7.62. The highest BCUT2D eigenvalue weighted by molar-refractivity contribution is 5.91. The van der Waals surface area contributed by atoms with Gasteiger partial charge in [-0.2, -0.15) is 0 Å². The average Bonchev–Trinajstić information content (AvgIpc) is 2.76. The number of aryl methyl sites for hydroxylation is 1. The highest BCUT2D eigenvalue weighted by Crippen LogP contribution is 2.28. The number of benzene rings is 1. The van der Waals surface area contributed by atoms with E-state index in [0.29, 0.717) is 31.7 Å². The number of carboxylic acids is 1. The minimum atomic E-state index is -1.31. The largest absolute Gasteiger partial charge is 0.480 e. The Labute approximate surface area is 179 Å². The molecule has 0 aliphatic carbocycles. The number of anilines is 1. The molecule has 1 aliphatic rings. The molecule has 0 spiro atoms. The molecule has 3 amide bonds. The maximum atomic E-state index is 13.6. The van der Waals surface area contributed by atoms with Gasteiger partial charge < -0.3 is 15.7 Å². The molecular weight excluding hydrogens is 403 g/mol. The van der Waals surface area contributed by atoms with Crippen molar-refractivity contribution in [1.82, 2.24) is 14.8 Å². The van der Waals surface area contributed by atoms with Crippen LogP contribution in [-0.2, 0) is 16.0 Å². The second kappa shape index (κ2) is 10.0. The third-order valence-corrected chi connectivity index (χ3v) is 5.52. The number of hydrogen-bond acceptors (Lipinski definition) is 5. The van der Waals surface area contributed by atoms with Gasteiger partial charge in [0.15, 0.2) is 0 Å². The van der Waals surface area contributed by atoms with E-state index >= 15 is 0 Å². The molecule has 164 valence electrons. The summed E-state index contributed by atoms with van der Waals surface area (Å²) in [6.45, 7) is 0.696. The number of halogens is 1. The molecule has 3 rings (SSSR count). The molecule has 9 heteroatoms. The summed E-state index contributed by atoms with van der Waals surface area (Å²) in [5, 5.41) is 9.67. The maximum Gasteiger partial charge on any atom is 0.327 e. The fraction of sp³-hybridized carbons (Fsp3) is 0.364. The van der Waals surface area contributed by atoms with Gasteiger partial charge in [-0.25, -0.2) is 19.0 Å². The summed E-state index contributed by atoms with van der Waals surface area (Å²) in [6, 6.07) is 7.59. The quantitative estimate of drug-likeness (QED) is 0.655. The normalized spacial score (nSPS) is 17.1. The highest BCUT2D eigenvalue weighted by atomic mass is 19.1. The van der Waals surface area contributed by atoms with Crippen molar-refractivity contribution in [1.29, 1.82) is 0 Å². The van der Waals surface area contributed by atoms with E-state index in [4.69, 9.17) is 5.73 Å². The number of imide groups is 1. The summed E-state index contributed by atoms with van der Waals surface area (Å²) in [6.07, 6.45) is 3.60. The van der Waals surface area contributed by atoms with Gasteiger partial charge in [0.2, 0.25) is 6.41 Å². The molecular formula is C22H25FN4O4. The average molecular weight is 428 g/mol. The Morgan fingerprint density at radius 3 is 2.84 bits per heavy atom. The SMILES string of the molecule is Nc1cc(CC[C@@H](C(=O)O)N(C=O)C(=O)N2CCCC(c3cccc(F)c3)C2)ccn1. The van der Waals surface area contributed by atoms with Gasteiger partial charge >= 0.3 is 12.0 Å². The van der Waals surface area contributed by atoms with Crippen molar-refractivity contribution in [3.63, 3.8) is 0 Å². The van der Waals surface area contributed by atoms with E-state index in [9.17, 15) is 23.9 Å². The van der Waals surface area contributed by atoms with E-state index in [1.165, 1.54) is 23.2 Å². The van der Waals surface area contributed by atoms with E-state index in [-0.39, 0.29) is 24.6 Å². The first-order chi connectivity index (χ1) is 14.9. The summed E-state index contributed by atoms with van der Waals surface area (Å²) >= 11 is 0. The molecule has 31 heavy (non-hydrogen) atoms. The molecule has 3 N–H and O–H groups in total. The van der Waals surface area contributed by atoms with Crippen LogP contribution in [0.15, 0.2) is 42.6 Å². The molecule has 1 aromatic carbocycles. The predicted octanol–water partition coefficient (Wildman–Crippen LogP) is 2.65. The third kappa shape index (κ3) is 5.56. The second-order valence-corrected chi connectivity index (χ2v) is 7.62. The molecule has 8 nitrogen and oxygen atoms in total. The molecule has 1 saturated heterocycles. The van der Waals surface area contributed by atoms with E-state index in [1.807, 2.05) is 0 Å². The molecule has 0 saturated carbocycles. The van der Waals surface area contributed by atoms with E-state index in [1.54, 1.807) is 24.3 Å². The van der Waals surface area contributed by atoms with Crippen molar-refractivity contribution in [2.45, 2.75) is 37.6 Å². The Morgan fingerprint density at radius 1 is 1.35 bits per heavy atom. The first kappa shape index (κ1) is 22.2. The minimum absolute atomic E-state index is 0.0461. The van der Waals surface area contributed by atoms with Crippen LogP contribution in [0, 0.1) is 5.82 Å². The Kier molecular flexibility index (Phi) is 7.17. The summed E-state index contributed by atoms with van der Waals surface area (Å²) in [4.78, 5) is 42.7. The van der Waals surface area contributed by atoms with E-state index in [0.717, 1.165) is 22.4 Å². The highest BCUT2D eigenvalue weighted by Gasteiger charge is 2.34. The number of amides is 3. The standard InChI is InChI=1S/C22H25FN4O4/c23-18-5-1-3-16(12-18)17-4-2-10-26(13-17)22(31)27(14-28)19(21(29)30)7-6-15-8-9-25-20(24)11-15/h1,3,5,8-9,11-12,14,17,19H,2,4,6-7,10,13H2,(H2,24,25)(H,29,30)/t17?,19-/m0/s1. The smallest absolute Gasteiger partial charge is 0.327 e. The van der Waals surface area contributed by atoms with Crippen LogP contribution in [0.3, 0.4) is 0 Å². The Balaban J connectivity index is 1.71. The number of urea groups is 1. The molecule has 0 radical (unpaired) electrons. The number of carbonyl (C=O) groups is 3. The fourth-order valence-corrected chi connectivity index (χ4v) is 3.93. The van der Waals surface area contributed by atoms with Gasteiger partial charge in [0.1, 0.15) is 17.7 Å². The molecule has 1 unspecified atom stereocenters. The lowest BCUT2D eigenvalue weighted by Crippen LogP contribution is -2.52. The van der Waals surface area contributed by atoms with Gasteiger partial charge in [0.25, 0.3) is 0 Å². The van der Waals surface area contributed by atoms with Crippen molar-refractivity contribution < 1.29 is 23.9 Å². The van der Waals surface area contributed by atoms with Crippen molar-refractivity contribution in [3.05, 3.63) is 59.5 Å². The molecule has 2 aromatic rings. The van der Waals surface area contributed by atoms with Gasteiger partial charge in [0.05, 0.1) is 0 Å². The van der Waals surface area contributed by atoms with Crippen LogP contribution < -0.4 is 5.73 Å². The summed E-state index contributed by atoms with van der Waals surface area (Å²) in [5.41, 5.74) is 7.19. The number of nitrogens with zero attached hydrogens (tertiary/aromatic N) is 3. The zero-order chi connectivity index (χ0) is 22.4. The first-order valence-electron chi connectivity index (χ1n) is 10.1. The van der Waals surface area contributed by atoms with Crippen LogP contribution >= 0.6 is 0 Å². The lowest BCUT2D eigenvalue weighted by molar-refractivity contribution is -0.145. The lowest BCUT2D eigenvalue weighted by Gasteiger charge is -2.36. The monoisotopic (exact) mass is 428 g/mol. The Hall–Kier alpha value is -3.49. The van der Waals surface area contributed by atoms with Crippen molar-refractivity contribution in [2.24, 2.45) is 0 Å². The number of carboxylic acid groups (broad SMARTS) is 1. The summed E-state index contributed by atoms with van der Waals surface area (Å²) < 4.78 is 13.6. The van der Waals surface area contributed by atoms with E-state index in [2.05, 4.69) is 4.98 Å². The lowest BCUT2D eigenvalue weighted by atomic mass is 9.90. The van der Waals surface area contributed by atoms with E-state index < -0.39 is 18.0 Å². The zero-order valence-corrected chi connectivity index (χ0v) is 17.0. The van der Waals surface area contributed by atoms with Crippen LogP contribution in [0.5, 0.6) is 0 Å². The van der Waals surface area contributed by atoms with Crippen molar-refractivity contribution in [3.8, 4) is 0 Å². The molecule has 2 atom stereocenters. The summed E-state index contributed by atoms with van der Waals surface area (Å²) in [5.74, 6) is -1.38. The van der Waals surface area contributed by atoms with Gasteiger partial charge in [-0.15, -0.1) is 0 Å². The number of nitrogen functional groups attached to an aromatic ring is 1. The van der Waals surface area contributed by atoms with Gasteiger partial charge in [0, 0.05) is 25.2 Å². The number of aromatic nitrogens is 1. The van der Waals surface area contributed by atoms with Gasteiger partial charge in [-0.3, -0.25) is 9.69 Å². The zero-order valence-electron chi connectivity index (χ0n) is 17.0. The number of likely N-dealkylation sites (tertiary alicyclic amines) is 1. The van der Waals surface area contributed by atoms with Crippen LogP contribution in [0.25, 0.3) is 0 Å². The van der Waals surface area contributed by atoms with Crippen molar-refractivity contribution >= 4 is 24.2 Å². The predicted molar refractivity (Wildman–Crippen MR) is 112 cm³/mol. The molecule has 2 heterocycles. The number of nitrogens with two attached hydrogens (primary N) is 1. The topological polar surface area (TPSA) is 117 Å². The molecule has 0 bridgehead atoms. The maximum absolute atomic E-state index is 13.6. The summed E-state index contributed by atoms with van der Waals surface area (Å²) in [7, 11) is 0.